The normalized spacial score (nSPS) is 17.6. The fourth-order valence-electron chi connectivity index (χ4n) is 3.06. The average Bonchev–Trinajstić information content (AvgIpc) is 2.93. The maximum atomic E-state index is 3.52. The van der Waals surface area contributed by atoms with Crippen LogP contribution in [0.2, 0.25) is 0 Å². The lowest BCUT2D eigenvalue weighted by Gasteiger charge is -2.37. The van der Waals surface area contributed by atoms with Gasteiger partial charge in [-0.15, -0.1) is 11.3 Å². The lowest BCUT2D eigenvalue weighted by molar-refractivity contribution is 0.643. The number of para-hydroxylation sites is 2. The third kappa shape index (κ3) is 2.18. The molecule has 2 heterocycles. The van der Waals surface area contributed by atoms with E-state index >= 15 is 0 Å². The molecule has 0 spiro atoms. The van der Waals surface area contributed by atoms with Gasteiger partial charge in [0.2, 0.25) is 0 Å². The molecule has 0 fully saturated rings. The number of benzene rings is 2. The molecule has 21 heavy (non-hydrogen) atoms. The molecule has 1 aliphatic heterocycles. The van der Waals surface area contributed by atoms with Crippen molar-refractivity contribution in [1.29, 1.82) is 0 Å². The Labute approximate surface area is 129 Å². The molecule has 0 saturated heterocycles. The first kappa shape index (κ1) is 12.7. The number of nitrogens with zero attached hydrogens (tertiary/aromatic N) is 1. The van der Waals surface area contributed by atoms with Crippen LogP contribution in [0, 0.1) is 0 Å². The first-order valence-corrected chi connectivity index (χ1v) is 8.25. The van der Waals surface area contributed by atoms with Crippen LogP contribution in [0.5, 0.6) is 0 Å². The molecule has 0 aliphatic carbocycles. The van der Waals surface area contributed by atoms with Crippen LogP contribution in [-0.2, 0) is 6.54 Å². The zero-order valence-electron chi connectivity index (χ0n) is 12.0. The number of anilines is 2. The summed E-state index contributed by atoms with van der Waals surface area (Å²) in [6, 6.07) is 17.8. The second kappa shape index (κ2) is 5.08. The van der Waals surface area contributed by atoms with Gasteiger partial charge in [-0.2, -0.15) is 0 Å². The Hall–Kier alpha value is -2.00. The van der Waals surface area contributed by atoms with E-state index in [9.17, 15) is 0 Å². The number of hydrogen-bond donors (Lipinski definition) is 1. The largest absolute Gasteiger partial charge is 0.381 e. The van der Waals surface area contributed by atoms with Crippen molar-refractivity contribution in [1.82, 2.24) is 0 Å². The van der Waals surface area contributed by atoms with Gasteiger partial charge in [-0.3, -0.25) is 0 Å². The van der Waals surface area contributed by atoms with Crippen LogP contribution in [0.15, 0.2) is 53.9 Å². The molecule has 106 valence electrons. The van der Waals surface area contributed by atoms with Crippen molar-refractivity contribution >= 4 is 32.8 Å². The number of fused-ring (bicyclic) bond motifs is 2. The van der Waals surface area contributed by atoms with Gasteiger partial charge >= 0.3 is 0 Å². The van der Waals surface area contributed by atoms with Crippen LogP contribution in [0.1, 0.15) is 12.5 Å². The van der Waals surface area contributed by atoms with Crippen molar-refractivity contribution in [2.45, 2.75) is 19.5 Å². The molecule has 3 heteroatoms. The monoisotopic (exact) mass is 294 g/mol. The third-order valence-corrected chi connectivity index (χ3v) is 5.25. The molecule has 0 amide bonds. The van der Waals surface area contributed by atoms with Gasteiger partial charge in [0.05, 0.1) is 11.4 Å². The summed E-state index contributed by atoms with van der Waals surface area (Å²) in [5, 5.41) is 7.22. The smallest absolute Gasteiger partial charge is 0.0608 e. The Morgan fingerprint density at radius 3 is 2.90 bits per heavy atom. The summed E-state index contributed by atoms with van der Waals surface area (Å²) in [7, 11) is 0. The fraction of sp³-hybridized carbons (Fsp3) is 0.222. The van der Waals surface area contributed by atoms with Crippen molar-refractivity contribution in [2.75, 3.05) is 16.8 Å². The Morgan fingerprint density at radius 1 is 1.14 bits per heavy atom. The standard InChI is InChI=1S/C18H18N2S/c1-13-10-19-16-7-3-4-8-17(16)20(13)11-14-12-21-18-9-5-2-6-15(14)18/h2-9,12-13,19H,10-11H2,1H3. The molecule has 2 aromatic carbocycles. The lowest BCUT2D eigenvalue weighted by atomic mass is 10.1. The highest BCUT2D eigenvalue weighted by molar-refractivity contribution is 7.17. The quantitative estimate of drug-likeness (QED) is 0.735. The van der Waals surface area contributed by atoms with E-state index in [-0.39, 0.29) is 0 Å². The number of thiophene rings is 1. The van der Waals surface area contributed by atoms with E-state index in [1.165, 1.54) is 27.0 Å². The van der Waals surface area contributed by atoms with Crippen LogP contribution < -0.4 is 10.2 Å². The maximum Gasteiger partial charge on any atom is 0.0608 e. The second-order valence-electron chi connectivity index (χ2n) is 5.63. The Balaban J connectivity index is 1.73. The molecule has 0 radical (unpaired) electrons. The second-order valence-corrected chi connectivity index (χ2v) is 6.54. The van der Waals surface area contributed by atoms with Crippen LogP contribution in [0.25, 0.3) is 10.1 Å². The summed E-state index contributed by atoms with van der Waals surface area (Å²) < 4.78 is 1.38. The van der Waals surface area contributed by atoms with Gasteiger partial charge in [0, 0.05) is 23.8 Å². The van der Waals surface area contributed by atoms with Gasteiger partial charge in [0.15, 0.2) is 0 Å². The molecule has 3 aromatic rings. The van der Waals surface area contributed by atoms with Gasteiger partial charge in [-0.1, -0.05) is 30.3 Å². The van der Waals surface area contributed by atoms with Crippen LogP contribution in [0.4, 0.5) is 11.4 Å². The minimum absolute atomic E-state index is 0.499. The summed E-state index contributed by atoms with van der Waals surface area (Å²) in [6.45, 7) is 4.26. The highest BCUT2D eigenvalue weighted by Crippen LogP contribution is 2.34. The summed E-state index contributed by atoms with van der Waals surface area (Å²) >= 11 is 1.84. The predicted octanol–water partition coefficient (Wildman–Crippen LogP) is 4.72. The molecule has 1 atom stereocenters. The van der Waals surface area contributed by atoms with E-state index in [1.54, 1.807) is 0 Å². The number of nitrogens with one attached hydrogen (secondary N) is 1. The van der Waals surface area contributed by atoms with Crippen molar-refractivity contribution in [3.8, 4) is 0 Å². The minimum Gasteiger partial charge on any atom is -0.381 e. The highest BCUT2D eigenvalue weighted by atomic mass is 32.1. The topological polar surface area (TPSA) is 15.3 Å². The Kier molecular flexibility index (Phi) is 3.08. The van der Waals surface area contributed by atoms with Crippen molar-refractivity contribution in [3.63, 3.8) is 0 Å². The number of rotatable bonds is 2. The lowest BCUT2D eigenvalue weighted by Crippen LogP contribution is -2.41. The van der Waals surface area contributed by atoms with Crippen molar-refractivity contribution < 1.29 is 0 Å². The van der Waals surface area contributed by atoms with E-state index in [4.69, 9.17) is 0 Å². The molecule has 1 unspecified atom stereocenters. The molecular weight excluding hydrogens is 276 g/mol. The van der Waals surface area contributed by atoms with Crippen LogP contribution >= 0.6 is 11.3 Å². The molecule has 2 nitrogen and oxygen atoms in total. The van der Waals surface area contributed by atoms with E-state index in [1.807, 2.05) is 11.3 Å². The summed E-state index contributed by atoms with van der Waals surface area (Å²) in [4.78, 5) is 2.51. The van der Waals surface area contributed by atoms with E-state index in [0.717, 1.165) is 13.1 Å². The molecule has 0 bridgehead atoms. The third-order valence-electron chi connectivity index (χ3n) is 4.24. The molecular formula is C18H18N2S. The predicted molar refractivity (Wildman–Crippen MR) is 92.4 cm³/mol. The van der Waals surface area contributed by atoms with Crippen molar-refractivity contribution in [2.24, 2.45) is 0 Å². The number of hydrogen-bond acceptors (Lipinski definition) is 3. The molecule has 1 aromatic heterocycles. The van der Waals surface area contributed by atoms with E-state index < -0.39 is 0 Å². The van der Waals surface area contributed by atoms with Gasteiger partial charge in [-0.05, 0) is 41.5 Å². The van der Waals surface area contributed by atoms with E-state index in [0.29, 0.717) is 6.04 Å². The van der Waals surface area contributed by atoms with Gasteiger partial charge in [0.1, 0.15) is 0 Å². The van der Waals surface area contributed by atoms with Gasteiger partial charge in [0.25, 0.3) is 0 Å². The maximum absolute atomic E-state index is 3.52. The Morgan fingerprint density at radius 2 is 1.95 bits per heavy atom. The average molecular weight is 294 g/mol. The van der Waals surface area contributed by atoms with Gasteiger partial charge in [-0.25, -0.2) is 0 Å². The summed E-state index contributed by atoms with van der Waals surface area (Å²) in [5.74, 6) is 0. The fourth-order valence-corrected chi connectivity index (χ4v) is 4.01. The van der Waals surface area contributed by atoms with Crippen LogP contribution in [-0.4, -0.2) is 12.6 Å². The molecule has 1 aliphatic rings. The Bertz CT molecular complexity index is 777. The molecule has 1 N–H and O–H groups in total. The summed E-state index contributed by atoms with van der Waals surface area (Å²) in [5.41, 5.74) is 3.99. The molecule has 4 rings (SSSR count). The zero-order chi connectivity index (χ0) is 14.2. The van der Waals surface area contributed by atoms with E-state index in [2.05, 4.69) is 71.1 Å². The van der Waals surface area contributed by atoms with Gasteiger partial charge < -0.3 is 10.2 Å². The SMILES string of the molecule is CC1CNc2ccccc2N1Cc1csc2ccccc12. The highest BCUT2D eigenvalue weighted by Gasteiger charge is 2.23. The first-order valence-electron chi connectivity index (χ1n) is 7.37. The minimum atomic E-state index is 0.499. The first-order chi connectivity index (χ1) is 10.3. The zero-order valence-corrected chi connectivity index (χ0v) is 12.9. The van der Waals surface area contributed by atoms with Crippen molar-refractivity contribution in [3.05, 3.63) is 59.5 Å². The summed E-state index contributed by atoms with van der Waals surface area (Å²) in [6.07, 6.45) is 0. The molecule has 0 saturated carbocycles. The van der Waals surface area contributed by atoms with Crippen LogP contribution in [0.3, 0.4) is 0 Å².